The third kappa shape index (κ3) is 7.06. The van der Waals surface area contributed by atoms with Crippen molar-refractivity contribution < 1.29 is 14.4 Å². The van der Waals surface area contributed by atoms with Crippen molar-refractivity contribution >= 4 is 17.7 Å². The Hall–Kier alpha value is -2.41. The molecule has 31 heavy (non-hydrogen) atoms. The molecule has 1 aliphatic carbocycles. The number of rotatable bonds is 10. The number of carbonyl (C=O) groups is 3. The van der Waals surface area contributed by atoms with E-state index in [4.69, 9.17) is 5.73 Å². The first-order chi connectivity index (χ1) is 15.0. The summed E-state index contributed by atoms with van der Waals surface area (Å²) in [5, 5.41) is 9.07. The maximum Gasteiger partial charge on any atom is 0.243 e. The van der Waals surface area contributed by atoms with Gasteiger partial charge in [0.2, 0.25) is 17.7 Å². The summed E-state index contributed by atoms with van der Waals surface area (Å²) in [4.78, 5) is 37.9. The van der Waals surface area contributed by atoms with Crippen LogP contribution in [0.4, 0.5) is 0 Å². The Balaban J connectivity index is 1.58. The van der Waals surface area contributed by atoms with E-state index in [1.54, 1.807) is 0 Å². The molecule has 3 atom stereocenters. The van der Waals surface area contributed by atoms with Crippen molar-refractivity contribution in [3.8, 4) is 0 Å². The summed E-state index contributed by atoms with van der Waals surface area (Å²) in [5.74, 6) is -0.844. The molecule has 1 aromatic rings. The minimum atomic E-state index is -0.732. The van der Waals surface area contributed by atoms with Gasteiger partial charge in [0.15, 0.2) is 0 Å². The fourth-order valence-corrected chi connectivity index (χ4v) is 4.72. The lowest BCUT2D eigenvalue weighted by atomic mass is 9.95. The molecule has 0 aromatic heterocycles. The molecule has 3 rings (SSSR count). The molecule has 0 unspecified atom stereocenters. The molecule has 7 nitrogen and oxygen atoms in total. The molecule has 7 heteroatoms. The highest BCUT2D eigenvalue weighted by molar-refractivity contribution is 5.93. The first-order valence-electron chi connectivity index (χ1n) is 11.7. The van der Waals surface area contributed by atoms with Crippen molar-refractivity contribution in [2.75, 3.05) is 6.54 Å². The number of nitrogens with two attached hydrogens (primary N) is 1. The summed E-state index contributed by atoms with van der Waals surface area (Å²) in [7, 11) is 0. The van der Waals surface area contributed by atoms with Crippen LogP contribution in [0.15, 0.2) is 30.3 Å². The summed E-state index contributed by atoms with van der Waals surface area (Å²) in [5.41, 5.74) is 6.77. The molecule has 2 aliphatic rings. The van der Waals surface area contributed by atoms with E-state index < -0.39 is 18.0 Å². The molecule has 0 bridgehead atoms. The van der Waals surface area contributed by atoms with Crippen LogP contribution in [0.3, 0.4) is 0 Å². The van der Waals surface area contributed by atoms with Crippen LogP contribution < -0.4 is 21.7 Å². The van der Waals surface area contributed by atoms with E-state index in [0.717, 1.165) is 64.3 Å². The topological polar surface area (TPSA) is 113 Å². The van der Waals surface area contributed by atoms with E-state index in [2.05, 4.69) is 16.0 Å². The number of primary amides is 1. The Bertz CT molecular complexity index is 728. The van der Waals surface area contributed by atoms with Gasteiger partial charge in [-0.25, -0.2) is 0 Å². The molecule has 1 heterocycles. The second kappa shape index (κ2) is 11.8. The van der Waals surface area contributed by atoms with Gasteiger partial charge in [-0.3, -0.25) is 14.4 Å². The summed E-state index contributed by atoms with van der Waals surface area (Å²) in [6, 6.07) is 8.43. The Morgan fingerprint density at radius 3 is 2.35 bits per heavy atom. The summed E-state index contributed by atoms with van der Waals surface area (Å²) in [6.07, 6.45) is 8.83. The van der Waals surface area contributed by atoms with E-state index >= 15 is 0 Å². The van der Waals surface area contributed by atoms with Crippen molar-refractivity contribution in [2.24, 2.45) is 11.7 Å². The van der Waals surface area contributed by atoms with Crippen LogP contribution in [-0.2, 0) is 20.8 Å². The molecule has 5 N–H and O–H groups in total. The number of hydrogen-bond donors (Lipinski definition) is 4. The average Bonchev–Trinajstić information content (AvgIpc) is 3.32. The molecule has 1 aromatic carbocycles. The van der Waals surface area contributed by atoms with Crippen LogP contribution in [0.1, 0.15) is 63.4 Å². The van der Waals surface area contributed by atoms with Gasteiger partial charge >= 0.3 is 0 Å². The predicted molar refractivity (Wildman–Crippen MR) is 120 cm³/mol. The highest BCUT2D eigenvalue weighted by Gasteiger charge is 2.35. The van der Waals surface area contributed by atoms with Crippen molar-refractivity contribution in [3.05, 3.63) is 35.9 Å². The van der Waals surface area contributed by atoms with Gasteiger partial charge in [-0.15, -0.1) is 0 Å². The molecule has 1 saturated carbocycles. The van der Waals surface area contributed by atoms with Gasteiger partial charge in [0.1, 0.15) is 12.1 Å². The Labute approximate surface area is 184 Å². The highest BCUT2D eigenvalue weighted by atomic mass is 16.2. The van der Waals surface area contributed by atoms with Crippen LogP contribution in [0.2, 0.25) is 0 Å². The SMILES string of the molecule is NC(=O)[C@@H](CCCc1ccccc1)NC(=O)[C@H](NC(=O)[C@@H]1CCCCN1)C1CCCC1. The third-order valence-corrected chi connectivity index (χ3v) is 6.54. The normalized spacial score (nSPS) is 21.2. The van der Waals surface area contributed by atoms with Crippen molar-refractivity contribution in [2.45, 2.75) is 82.3 Å². The Morgan fingerprint density at radius 1 is 1.00 bits per heavy atom. The van der Waals surface area contributed by atoms with Crippen LogP contribution in [0, 0.1) is 5.92 Å². The van der Waals surface area contributed by atoms with E-state index in [9.17, 15) is 14.4 Å². The molecular formula is C24H36N4O3. The van der Waals surface area contributed by atoms with Crippen LogP contribution >= 0.6 is 0 Å². The zero-order valence-electron chi connectivity index (χ0n) is 18.3. The first kappa shape index (κ1) is 23.3. The van der Waals surface area contributed by atoms with Gasteiger partial charge in [0, 0.05) is 0 Å². The number of carbonyl (C=O) groups excluding carboxylic acids is 3. The van der Waals surface area contributed by atoms with Gasteiger partial charge in [0.25, 0.3) is 0 Å². The molecule has 0 spiro atoms. The fourth-order valence-electron chi connectivity index (χ4n) is 4.72. The molecule has 3 amide bonds. The number of hydrogen-bond acceptors (Lipinski definition) is 4. The van der Waals surface area contributed by atoms with Crippen LogP contribution in [0.5, 0.6) is 0 Å². The second-order valence-electron chi connectivity index (χ2n) is 8.87. The van der Waals surface area contributed by atoms with E-state index in [1.165, 1.54) is 5.56 Å². The van der Waals surface area contributed by atoms with Crippen LogP contribution in [-0.4, -0.2) is 42.4 Å². The maximum absolute atomic E-state index is 13.1. The van der Waals surface area contributed by atoms with Crippen molar-refractivity contribution in [3.63, 3.8) is 0 Å². The Morgan fingerprint density at radius 2 is 1.71 bits per heavy atom. The molecule has 1 saturated heterocycles. The van der Waals surface area contributed by atoms with Crippen molar-refractivity contribution in [1.29, 1.82) is 0 Å². The quantitative estimate of drug-likeness (QED) is 0.455. The standard InChI is InChI=1S/C24H36N4O3/c25-22(29)19(15-8-11-17-9-2-1-3-10-17)27-24(31)21(18-12-4-5-13-18)28-23(30)20-14-6-7-16-26-20/h1-3,9-10,18-21,26H,4-8,11-16H2,(H2,25,29)(H,27,31)(H,28,30)/t19-,20+,21-/m1/s1. The molecule has 170 valence electrons. The smallest absolute Gasteiger partial charge is 0.243 e. The largest absolute Gasteiger partial charge is 0.368 e. The second-order valence-corrected chi connectivity index (χ2v) is 8.87. The lowest BCUT2D eigenvalue weighted by Gasteiger charge is -2.29. The average molecular weight is 429 g/mol. The lowest BCUT2D eigenvalue weighted by Crippen LogP contribution is -2.58. The molecule has 0 radical (unpaired) electrons. The maximum atomic E-state index is 13.1. The van der Waals surface area contributed by atoms with Gasteiger partial charge in [-0.05, 0) is 63.0 Å². The monoisotopic (exact) mass is 428 g/mol. The highest BCUT2D eigenvalue weighted by Crippen LogP contribution is 2.28. The minimum Gasteiger partial charge on any atom is -0.368 e. The molecular weight excluding hydrogens is 392 g/mol. The minimum absolute atomic E-state index is 0.102. The lowest BCUT2D eigenvalue weighted by molar-refractivity contribution is -0.133. The van der Waals surface area contributed by atoms with Gasteiger partial charge < -0.3 is 21.7 Å². The van der Waals surface area contributed by atoms with Crippen LogP contribution in [0.25, 0.3) is 0 Å². The van der Waals surface area contributed by atoms with E-state index in [1.807, 2.05) is 30.3 Å². The van der Waals surface area contributed by atoms with E-state index in [-0.39, 0.29) is 23.8 Å². The number of piperidine rings is 1. The molecule has 1 aliphatic heterocycles. The summed E-state index contributed by atoms with van der Waals surface area (Å²) >= 11 is 0. The first-order valence-corrected chi connectivity index (χ1v) is 11.7. The number of amides is 3. The number of nitrogens with one attached hydrogen (secondary N) is 3. The van der Waals surface area contributed by atoms with Gasteiger partial charge in [-0.1, -0.05) is 49.6 Å². The number of benzene rings is 1. The van der Waals surface area contributed by atoms with Gasteiger partial charge in [-0.2, -0.15) is 0 Å². The zero-order valence-corrected chi connectivity index (χ0v) is 18.3. The number of aryl methyl sites for hydroxylation is 1. The zero-order chi connectivity index (χ0) is 22.1. The van der Waals surface area contributed by atoms with E-state index in [0.29, 0.717) is 6.42 Å². The third-order valence-electron chi connectivity index (χ3n) is 6.54. The van der Waals surface area contributed by atoms with Crippen molar-refractivity contribution in [1.82, 2.24) is 16.0 Å². The summed E-state index contributed by atoms with van der Waals surface area (Å²) in [6.45, 7) is 0.823. The van der Waals surface area contributed by atoms with Gasteiger partial charge in [0.05, 0.1) is 6.04 Å². The summed E-state index contributed by atoms with van der Waals surface area (Å²) < 4.78 is 0. The molecule has 2 fully saturated rings. The fraction of sp³-hybridized carbons (Fsp3) is 0.625. The predicted octanol–water partition coefficient (Wildman–Crippen LogP) is 1.80. The Kier molecular flexibility index (Phi) is 8.88.